The van der Waals surface area contributed by atoms with E-state index in [1.165, 1.54) is 0 Å². The van der Waals surface area contributed by atoms with Crippen LogP contribution in [0.2, 0.25) is 0 Å². The topological polar surface area (TPSA) is 111 Å². The van der Waals surface area contributed by atoms with Gasteiger partial charge in [-0.1, -0.05) is 36.4 Å². The molecule has 3 aromatic heterocycles. The molecule has 10 heteroatoms. The number of pyridine rings is 1. The molecule has 10 nitrogen and oxygen atoms in total. The van der Waals surface area contributed by atoms with Crippen molar-refractivity contribution in [3.63, 3.8) is 0 Å². The molecule has 218 valence electrons. The standard InChI is InChI=1S/C33H32N6O4/c40-32(43-33(41)28-6-3-16-34-28)24-9-7-23(8-10-24)30-27(14-13-25-12-11-22-4-1-2-5-26(22)36-25)37-31-29(15-17-35-39(30)31)38-18-20-42-21-19-38/h1-2,4-5,7-12,15,17,28,34H,3,6,13-14,16,18-21H2/t28-/m0/s1. The third kappa shape index (κ3) is 5.59. The molecular weight excluding hydrogens is 544 g/mol. The highest BCUT2D eigenvalue weighted by Crippen LogP contribution is 2.31. The molecule has 43 heavy (non-hydrogen) atoms. The summed E-state index contributed by atoms with van der Waals surface area (Å²) in [7, 11) is 0. The first-order chi connectivity index (χ1) is 21.1. The van der Waals surface area contributed by atoms with E-state index < -0.39 is 18.0 Å². The van der Waals surface area contributed by atoms with Crippen LogP contribution in [0.1, 0.15) is 34.6 Å². The number of anilines is 1. The number of imidazole rings is 1. The molecule has 5 heterocycles. The Balaban J connectivity index is 1.21. The zero-order valence-electron chi connectivity index (χ0n) is 23.7. The second-order valence-electron chi connectivity index (χ2n) is 10.9. The van der Waals surface area contributed by atoms with E-state index >= 15 is 0 Å². The molecule has 0 spiro atoms. The van der Waals surface area contributed by atoms with Gasteiger partial charge in [-0.3, -0.25) is 4.98 Å². The van der Waals surface area contributed by atoms with Crippen molar-refractivity contribution in [2.45, 2.75) is 31.7 Å². The summed E-state index contributed by atoms with van der Waals surface area (Å²) in [5.41, 5.74) is 6.67. The van der Waals surface area contributed by atoms with E-state index in [2.05, 4.69) is 28.4 Å². The van der Waals surface area contributed by atoms with E-state index in [4.69, 9.17) is 24.5 Å². The van der Waals surface area contributed by atoms with Crippen LogP contribution in [0.3, 0.4) is 0 Å². The molecule has 2 fully saturated rings. The number of hydrogen-bond donors (Lipinski definition) is 1. The van der Waals surface area contributed by atoms with Crippen molar-refractivity contribution in [2.75, 3.05) is 37.7 Å². The number of carbonyl (C=O) groups is 2. The van der Waals surface area contributed by atoms with Crippen molar-refractivity contribution in [2.24, 2.45) is 0 Å². The highest BCUT2D eigenvalue weighted by molar-refractivity contribution is 5.98. The van der Waals surface area contributed by atoms with Crippen LogP contribution in [0.25, 0.3) is 27.8 Å². The molecule has 0 bridgehead atoms. The number of hydrogen-bond acceptors (Lipinski definition) is 9. The highest BCUT2D eigenvalue weighted by atomic mass is 16.6. The van der Waals surface area contributed by atoms with E-state index in [1.54, 1.807) is 18.3 Å². The number of aromatic nitrogens is 4. The van der Waals surface area contributed by atoms with Crippen LogP contribution in [0.4, 0.5) is 5.69 Å². The van der Waals surface area contributed by atoms with Crippen LogP contribution >= 0.6 is 0 Å². The second kappa shape index (κ2) is 11.9. The Labute approximate surface area is 248 Å². The molecule has 2 saturated heterocycles. The summed E-state index contributed by atoms with van der Waals surface area (Å²) in [5, 5.41) is 8.88. The lowest BCUT2D eigenvalue weighted by Crippen LogP contribution is -2.36. The summed E-state index contributed by atoms with van der Waals surface area (Å²) in [6.45, 7) is 3.65. The largest absolute Gasteiger partial charge is 0.388 e. The highest BCUT2D eigenvalue weighted by Gasteiger charge is 2.26. The van der Waals surface area contributed by atoms with Crippen molar-refractivity contribution in [1.82, 2.24) is 24.9 Å². The van der Waals surface area contributed by atoms with Gasteiger partial charge >= 0.3 is 11.9 Å². The Morgan fingerprint density at radius 2 is 1.79 bits per heavy atom. The average Bonchev–Trinajstić information content (AvgIpc) is 3.73. The van der Waals surface area contributed by atoms with Gasteiger partial charge in [0.2, 0.25) is 0 Å². The van der Waals surface area contributed by atoms with Gasteiger partial charge < -0.3 is 19.7 Å². The first kappa shape index (κ1) is 27.2. The fourth-order valence-corrected chi connectivity index (χ4v) is 5.86. The summed E-state index contributed by atoms with van der Waals surface area (Å²) in [6, 6.07) is 20.9. The van der Waals surface area contributed by atoms with Gasteiger partial charge in [0.05, 0.1) is 47.6 Å². The van der Waals surface area contributed by atoms with E-state index in [0.29, 0.717) is 38.0 Å². The number of nitrogens with zero attached hydrogens (tertiary/aromatic N) is 5. The second-order valence-corrected chi connectivity index (χ2v) is 10.9. The van der Waals surface area contributed by atoms with Gasteiger partial charge in [-0.05, 0) is 62.6 Å². The van der Waals surface area contributed by atoms with Crippen molar-refractivity contribution in [3.05, 3.63) is 89.9 Å². The first-order valence-corrected chi connectivity index (χ1v) is 14.8. The third-order valence-corrected chi connectivity index (χ3v) is 8.13. The number of esters is 2. The molecule has 1 atom stereocenters. The van der Waals surface area contributed by atoms with Crippen LogP contribution in [0.5, 0.6) is 0 Å². The van der Waals surface area contributed by atoms with Crippen LogP contribution < -0.4 is 10.2 Å². The van der Waals surface area contributed by atoms with E-state index in [1.807, 2.05) is 40.9 Å². The SMILES string of the molecule is O=C(OC(=O)[C@@H]1CCCN1)c1ccc(-c2c(CCc3ccc4ccccc4n3)nc3c(N4CCOCC4)ccnn23)cc1. The Morgan fingerprint density at radius 1 is 0.953 bits per heavy atom. The summed E-state index contributed by atoms with van der Waals surface area (Å²) in [4.78, 5) is 37.4. The molecule has 1 N–H and O–H groups in total. The van der Waals surface area contributed by atoms with Crippen molar-refractivity contribution in [1.29, 1.82) is 0 Å². The summed E-state index contributed by atoms with van der Waals surface area (Å²) >= 11 is 0. The Morgan fingerprint density at radius 3 is 2.60 bits per heavy atom. The van der Waals surface area contributed by atoms with Crippen LogP contribution in [-0.4, -0.2) is 70.4 Å². The number of aryl methyl sites for hydroxylation is 2. The van der Waals surface area contributed by atoms with Gasteiger partial charge in [0.15, 0.2) is 5.65 Å². The molecular formula is C33H32N6O4. The molecule has 2 aromatic carbocycles. The predicted octanol–water partition coefficient (Wildman–Crippen LogP) is 4.00. The summed E-state index contributed by atoms with van der Waals surface area (Å²) < 4.78 is 12.6. The molecule has 0 saturated carbocycles. The Kier molecular flexibility index (Phi) is 7.53. The van der Waals surface area contributed by atoms with Crippen LogP contribution in [-0.2, 0) is 27.1 Å². The lowest BCUT2D eigenvalue weighted by atomic mass is 10.0. The molecule has 2 aliphatic heterocycles. The quantitative estimate of drug-likeness (QED) is 0.227. The zero-order chi connectivity index (χ0) is 29.2. The fourth-order valence-electron chi connectivity index (χ4n) is 5.86. The number of nitrogens with one attached hydrogen (secondary N) is 1. The Hall–Kier alpha value is -4.67. The lowest BCUT2D eigenvalue weighted by Gasteiger charge is -2.28. The Bertz CT molecular complexity index is 1790. The number of benzene rings is 2. The molecule has 2 aliphatic rings. The normalized spacial score (nSPS) is 17.0. The first-order valence-electron chi connectivity index (χ1n) is 14.8. The molecule has 0 unspecified atom stereocenters. The lowest BCUT2D eigenvalue weighted by molar-refractivity contribution is -0.139. The van der Waals surface area contributed by atoms with Gasteiger partial charge in [-0.2, -0.15) is 5.10 Å². The third-order valence-electron chi connectivity index (χ3n) is 8.13. The molecule has 0 amide bonds. The zero-order valence-corrected chi connectivity index (χ0v) is 23.7. The molecule has 0 aliphatic carbocycles. The number of fused-ring (bicyclic) bond motifs is 2. The predicted molar refractivity (Wildman–Crippen MR) is 162 cm³/mol. The van der Waals surface area contributed by atoms with E-state index in [0.717, 1.165) is 70.9 Å². The van der Waals surface area contributed by atoms with Gasteiger partial charge in [0.25, 0.3) is 0 Å². The van der Waals surface area contributed by atoms with Crippen LogP contribution in [0.15, 0.2) is 72.9 Å². The maximum absolute atomic E-state index is 12.7. The smallest absolute Gasteiger partial charge is 0.345 e. The number of morpholine rings is 1. The van der Waals surface area contributed by atoms with Crippen molar-refractivity contribution >= 4 is 34.2 Å². The minimum atomic E-state index is -0.654. The fraction of sp³-hybridized carbons (Fsp3) is 0.303. The van der Waals surface area contributed by atoms with Crippen LogP contribution in [0, 0.1) is 0 Å². The van der Waals surface area contributed by atoms with E-state index in [9.17, 15) is 9.59 Å². The number of para-hydroxylation sites is 1. The van der Waals surface area contributed by atoms with Gasteiger partial charge in [0.1, 0.15) is 6.04 Å². The van der Waals surface area contributed by atoms with Crippen molar-refractivity contribution < 1.29 is 19.1 Å². The van der Waals surface area contributed by atoms with Gasteiger partial charge in [0, 0.05) is 29.7 Å². The monoisotopic (exact) mass is 576 g/mol. The number of rotatable bonds is 7. The maximum atomic E-state index is 12.7. The molecule has 0 radical (unpaired) electrons. The van der Waals surface area contributed by atoms with Gasteiger partial charge in [-0.25, -0.2) is 19.1 Å². The number of carbonyl (C=O) groups excluding carboxylic acids is 2. The van der Waals surface area contributed by atoms with E-state index in [-0.39, 0.29) is 0 Å². The molecule has 5 aromatic rings. The molecule has 7 rings (SSSR count). The number of ether oxygens (including phenoxy) is 2. The van der Waals surface area contributed by atoms with Crippen molar-refractivity contribution in [3.8, 4) is 11.3 Å². The van der Waals surface area contributed by atoms with Gasteiger partial charge in [-0.15, -0.1) is 0 Å². The summed E-state index contributed by atoms with van der Waals surface area (Å²) in [5.74, 6) is -1.18. The summed E-state index contributed by atoms with van der Waals surface area (Å²) in [6.07, 6.45) is 4.72. The average molecular weight is 577 g/mol. The minimum absolute atomic E-state index is 0.313. The minimum Gasteiger partial charge on any atom is -0.388 e. The maximum Gasteiger partial charge on any atom is 0.345 e.